The fourth-order valence-corrected chi connectivity index (χ4v) is 5.75. The van der Waals surface area contributed by atoms with Crippen LogP contribution in [0.1, 0.15) is 6.42 Å². The second kappa shape index (κ2) is 8.24. The summed E-state index contributed by atoms with van der Waals surface area (Å²) in [4.78, 5) is 11.9. The van der Waals surface area contributed by atoms with Crippen LogP contribution in [0.4, 0.5) is 4.39 Å². The Kier molecular flexibility index (Phi) is 6.14. The number of carbonyl (C=O) groups excluding carboxylic acids is 1. The van der Waals surface area contributed by atoms with Crippen LogP contribution in [0.2, 0.25) is 10.0 Å². The van der Waals surface area contributed by atoms with Crippen LogP contribution in [0.5, 0.6) is 5.75 Å². The molecule has 1 heterocycles. The number of hydrogen-bond acceptors (Lipinski definition) is 5. The Morgan fingerprint density at radius 1 is 1.14 bits per heavy atom. The Labute approximate surface area is 171 Å². The molecule has 0 radical (unpaired) electrons. The van der Waals surface area contributed by atoms with E-state index in [0.717, 1.165) is 11.4 Å². The number of carbonyl (C=O) groups is 1. The van der Waals surface area contributed by atoms with Crippen molar-refractivity contribution in [1.29, 1.82) is 0 Å². The number of nitrogens with zero attached hydrogens (tertiary/aromatic N) is 1. The van der Waals surface area contributed by atoms with Crippen molar-refractivity contribution in [3.05, 3.63) is 58.3 Å². The lowest BCUT2D eigenvalue weighted by Crippen LogP contribution is -2.41. The van der Waals surface area contributed by atoms with Crippen LogP contribution in [-0.4, -0.2) is 44.5 Å². The van der Waals surface area contributed by atoms with Crippen LogP contribution in [0.25, 0.3) is 0 Å². The molecule has 0 spiro atoms. The zero-order valence-corrected chi connectivity index (χ0v) is 17.0. The molecule has 0 amide bonds. The number of sulfonamides is 1. The summed E-state index contributed by atoms with van der Waals surface area (Å²) >= 11 is 12.1. The average Bonchev–Trinajstić information content (AvgIpc) is 3.07. The Bertz CT molecular complexity index is 981. The fraction of sp³-hybridized carbons (Fsp3) is 0.278. The van der Waals surface area contributed by atoms with Gasteiger partial charge in [0.1, 0.15) is 17.0 Å². The average molecular weight is 448 g/mol. The van der Waals surface area contributed by atoms with Gasteiger partial charge >= 0.3 is 5.97 Å². The second-order valence-electron chi connectivity index (χ2n) is 6.07. The molecule has 0 N–H and O–H groups in total. The maximum atomic E-state index is 13.9. The van der Waals surface area contributed by atoms with E-state index >= 15 is 0 Å². The number of hydrogen-bond donors (Lipinski definition) is 0. The Hall–Kier alpha value is -1.87. The number of benzene rings is 2. The largest absolute Gasteiger partial charge is 0.486 e. The molecule has 2 atom stereocenters. The normalized spacial score (nSPS) is 20.1. The molecule has 1 fully saturated rings. The third kappa shape index (κ3) is 3.96. The minimum atomic E-state index is -4.24. The molecular weight excluding hydrogens is 432 g/mol. The highest BCUT2D eigenvalue weighted by Crippen LogP contribution is 2.36. The SMILES string of the molecule is COC(=O)[C@H]1C[C@H](Oc2ccccc2F)CN1S(=O)(=O)c1c(Cl)cccc1Cl. The summed E-state index contributed by atoms with van der Waals surface area (Å²) in [7, 11) is -3.09. The minimum absolute atomic E-state index is 0.0116. The van der Waals surface area contributed by atoms with E-state index in [1.807, 2.05) is 0 Å². The molecule has 0 bridgehead atoms. The van der Waals surface area contributed by atoms with Gasteiger partial charge in [0.2, 0.25) is 10.0 Å². The zero-order chi connectivity index (χ0) is 20.5. The van der Waals surface area contributed by atoms with Crippen LogP contribution >= 0.6 is 23.2 Å². The highest BCUT2D eigenvalue weighted by Gasteiger charge is 2.46. The first-order valence-corrected chi connectivity index (χ1v) is 10.4. The summed E-state index contributed by atoms with van der Waals surface area (Å²) in [5.41, 5.74) is 0. The van der Waals surface area contributed by atoms with Gasteiger partial charge in [-0.05, 0) is 24.3 Å². The maximum Gasteiger partial charge on any atom is 0.324 e. The monoisotopic (exact) mass is 447 g/mol. The number of para-hydroxylation sites is 1. The molecule has 2 aromatic rings. The van der Waals surface area contributed by atoms with Crippen molar-refractivity contribution in [3.8, 4) is 5.75 Å². The van der Waals surface area contributed by atoms with Crippen LogP contribution < -0.4 is 4.74 Å². The molecule has 28 heavy (non-hydrogen) atoms. The first-order valence-electron chi connectivity index (χ1n) is 8.20. The predicted octanol–water partition coefficient (Wildman–Crippen LogP) is 3.52. The predicted molar refractivity (Wildman–Crippen MR) is 102 cm³/mol. The van der Waals surface area contributed by atoms with E-state index in [1.54, 1.807) is 6.07 Å². The van der Waals surface area contributed by atoms with Crippen LogP contribution in [0.15, 0.2) is 47.4 Å². The van der Waals surface area contributed by atoms with Crippen molar-refractivity contribution in [2.45, 2.75) is 23.5 Å². The van der Waals surface area contributed by atoms with Gasteiger partial charge in [-0.1, -0.05) is 41.4 Å². The number of esters is 1. The van der Waals surface area contributed by atoms with Crippen molar-refractivity contribution >= 4 is 39.2 Å². The van der Waals surface area contributed by atoms with Crippen LogP contribution in [0, 0.1) is 5.82 Å². The van der Waals surface area contributed by atoms with Crippen molar-refractivity contribution in [1.82, 2.24) is 4.31 Å². The molecule has 0 aromatic heterocycles. The first-order chi connectivity index (χ1) is 13.3. The van der Waals surface area contributed by atoms with Crippen LogP contribution in [0.3, 0.4) is 0 Å². The number of ether oxygens (including phenoxy) is 2. The van der Waals surface area contributed by atoms with Crippen LogP contribution in [-0.2, 0) is 19.6 Å². The molecule has 6 nitrogen and oxygen atoms in total. The van der Waals surface area contributed by atoms with E-state index in [0.29, 0.717) is 0 Å². The maximum absolute atomic E-state index is 13.9. The van der Waals surface area contributed by atoms with Crippen molar-refractivity contribution in [2.24, 2.45) is 0 Å². The summed E-state index contributed by atoms with van der Waals surface area (Å²) in [6.45, 7) is -0.196. The molecule has 2 aromatic carbocycles. The standard InChI is InChI=1S/C18H16Cl2FNO5S/c1-26-18(23)15-9-11(27-16-8-3-2-7-14(16)21)10-22(15)28(24,25)17-12(19)5-4-6-13(17)20/h2-8,11,15H,9-10H2,1H3/t11-,15+/m0/s1. The van der Waals surface area contributed by atoms with Gasteiger partial charge in [0.05, 0.1) is 23.7 Å². The van der Waals surface area contributed by atoms with Crippen molar-refractivity contribution in [2.75, 3.05) is 13.7 Å². The second-order valence-corrected chi connectivity index (χ2v) is 8.71. The van der Waals surface area contributed by atoms with Gasteiger partial charge in [-0.2, -0.15) is 4.31 Å². The third-order valence-corrected chi connectivity index (χ3v) is 7.14. The lowest BCUT2D eigenvalue weighted by molar-refractivity contribution is -0.144. The Morgan fingerprint density at radius 3 is 2.39 bits per heavy atom. The molecule has 1 saturated heterocycles. The summed E-state index contributed by atoms with van der Waals surface area (Å²) < 4.78 is 51.5. The van der Waals surface area contributed by atoms with E-state index in [-0.39, 0.29) is 33.7 Å². The summed E-state index contributed by atoms with van der Waals surface area (Å²) in [5, 5.41) is -0.149. The zero-order valence-electron chi connectivity index (χ0n) is 14.6. The van der Waals surface area contributed by atoms with E-state index in [2.05, 4.69) is 0 Å². The lowest BCUT2D eigenvalue weighted by Gasteiger charge is -2.22. The van der Waals surface area contributed by atoms with Gasteiger partial charge < -0.3 is 9.47 Å². The quantitative estimate of drug-likeness (QED) is 0.655. The molecule has 150 valence electrons. The minimum Gasteiger partial charge on any atom is -0.486 e. The molecular formula is C18H16Cl2FNO5S. The molecule has 0 aliphatic carbocycles. The highest BCUT2D eigenvalue weighted by atomic mass is 35.5. The molecule has 0 saturated carbocycles. The topological polar surface area (TPSA) is 72.9 Å². The number of methoxy groups -OCH3 is 1. The summed E-state index contributed by atoms with van der Waals surface area (Å²) in [6.07, 6.45) is -0.778. The first kappa shape index (κ1) is 20.9. The van der Waals surface area contributed by atoms with Gasteiger partial charge in [0, 0.05) is 6.42 Å². The fourth-order valence-electron chi connectivity index (χ4n) is 3.04. The van der Waals surface area contributed by atoms with E-state index in [9.17, 15) is 17.6 Å². The molecule has 3 rings (SSSR count). The molecule has 1 aliphatic rings. The summed E-state index contributed by atoms with van der Waals surface area (Å²) in [5.74, 6) is -1.38. The molecule has 0 unspecified atom stereocenters. The molecule has 10 heteroatoms. The third-order valence-electron chi connectivity index (χ3n) is 4.31. The van der Waals surface area contributed by atoms with E-state index in [4.69, 9.17) is 32.7 Å². The van der Waals surface area contributed by atoms with Gasteiger partial charge in [0.25, 0.3) is 0 Å². The smallest absolute Gasteiger partial charge is 0.324 e. The van der Waals surface area contributed by atoms with Gasteiger partial charge in [-0.15, -0.1) is 0 Å². The Balaban J connectivity index is 1.96. The molecule has 1 aliphatic heterocycles. The lowest BCUT2D eigenvalue weighted by atomic mass is 10.2. The van der Waals surface area contributed by atoms with Crippen molar-refractivity contribution in [3.63, 3.8) is 0 Å². The van der Waals surface area contributed by atoms with Crippen molar-refractivity contribution < 1.29 is 27.1 Å². The van der Waals surface area contributed by atoms with E-state index in [1.165, 1.54) is 36.4 Å². The van der Waals surface area contributed by atoms with Gasteiger partial charge in [-0.25, -0.2) is 12.8 Å². The highest BCUT2D eigenvalue weighted by molar-refractivity contribution is 7.89. The Morgan fingerprint density at radius 2 is 1.79 bits per heavy atom. The van der Waals surface area contributed by atoms with E-state index < -0.39 is 34.0 Å². The number of rotatable bonds is 5. The van der Waals surface area contributed by atoms with Gasteiger partial charge in [-0.3, -0.25) is 4.79 Å². The van der Waals surface area contributed by atoms with Gasteiger partial charge in [0.15, 0.2) is 11.6 Å². The summed E-state index contributed by atoms with van der Waals surface area (Å²) in [6, 6.07) is 8.86. The number of halogens is 3.